The third kappa shape index (κ3) is 3.94. The molecule has 2 aromatic rings. The van der Waals surface area contributed by atoms with E-state index in [1.54, 1.807) is 0 Å². The lowest BCUT2D eigenvalue weighted by atomic mass is 10.0. The molecule has 0 aliphatic heterocycles. The third-order valence-corrected chi connectivity index (χ3v) is 3.40. The zero-order valence-corrected chi connectivity index (χ0v) is 11.3. The van der Waals surface area contributed by atoms with Gasteiger partial charge in [-0.2, -0.15) is 13.2 Å². The van der Waals surface area contributed by atoms with Gasteiger partial charge in [0.1, 0.15) is 0 Å². The van der Waals surface area contributed by atoms with Crippen molar-refractivity contribution in [1.29, 1.82) is 0 Å². The smallest absolute Gasteiger partial charge is 0.204 e. The fourth-order valence-corrected chi connectivity index (χ4v) is 2.20. The molecule has 0 N–H and O–H groups in total. The van der Waals surface area contributed by atoms with Gasteiger partial charge in [-0.05, 0) is 41.8 Å². The van der Waals surface area contributed by atoms with Crippen molar-refractivity contribution < 1.29 is 22.0 Å². The highest BCUT2D eigenvalue weighted by molar-refractivity contribution is 6.20. The van der Waals surface area contributed by atoms with Crippen molar-refractivity contribution in [2.24, 2.45) is 0 Å². The molecular formula is C15H10ClF5. The van der Waals surface area contributed by atoms with E-state index in [0.29, 0.717) is 11.1 Å². The van der Waals surface area contributed by atoms with Crippen molar-refractivity contribution in [2.45, 2.75) is 18.0 Å². The molecule has 1 atom stereocenters. The van der Waals surface area contributed by atoms with E-state index in [9.17, 15) is 22.0 Å². The quantitative estimate of drug-likeness (QED) is 0.517. The SMILES string of the molecule is Fc1ccc(CC(Cl)c2ccc(C(F)(F)F)cc2)cc1F. The van der Waals surface area contributed by atoms with Crippen molar-refractivity contribution in [3.05, 3.63) is 70.8 Å². The fraction of sp³-hybridized carbons (Fsp3) is 0.200. The molecule has 0 aliphatic rings. The van der Waals surface area contributed by atoms with Crippen LogP contribution in [0.5, 0.6) is 0 Å². The van der Waals surface area contributed by atoms with Crippen LogP contribution in [-0.4, -0.2) is 0 Å². The van der Waals surface area contributed by atoms with Crippen molar-refractivity contribution in [3.63, 3.8) is 0 Å². The van der Waals surface area contributed by atoms with Crippen molar-refractivity contribution in [3.8, 4) is 0 Å². The maximum absolute atomic E-state index is 13.1. The first-order valence-corrected chi connectivity index (χ1v) is 6.46. The molecule has 0 bridgehead atoms. The monoisotopic (exact) mass is 320 g/mol. The van der Waals surface area contributed by atoms with Gasteiger partial charge in [0.25, 0.3) is 0 Å². The Morgan fingerprint density at radius 2 is 1.52 bits per heavy atom. The van der Waals surface area contributed by atoms with Gasteiger partial charge in [-0.3, -0.25) is 0 Å². The highest BCUT2D eigenvalue weighted by Crippen LogP contribution is 2.32. The molecule has 1 unspecified atom stereocenters. The van der Waals surface area contributed by atoms with Crippen LogP contribution < -0.4 is 0 Å². The van der Waals surface area contributed by atoms with Crippen LogP contribution in [0.2, 0.25) is 0 Å². The molecule has 0 spiro atoms. The van der Waals surface area contributed by atoms with Gasteiger partial charge in [0.2, 0.25) is 0 Å². The number of alkyl halides is 4. The van der Waals surface area contributed by atoms with E-state index >= 15 is 0 Å². The molecule has 112 valence electrons. The van der Waals surface area contributed by atoms with Gasteiger partial charge in [0.15, 0.2) is 11.6 Å². The second-order valence-corrected chi connectivity index (χ2v) is 5.07. The summed E-state index contributed by atoms with van der Waals surface area (Å²) in [4.78, 5) is 0. The van der Waals surface area contributed by atoms with Gasteiger partial charge in [-0.1, -0.05) is 18.2 Å². The van der Waals surface area contributed by atoms with E-state index in [4.69, 9.17) is 11.6 Å². The fourth-order valence-electron chi connectivity index (χ4n) is 1.87. The molecule has 0 saturated heterocycles. The summed E-state index contributed by atoms with van der Waals surface area (Å²) in [7, 11) is 0. The highest BCUT2D eigenvalue weighted by atomic mass is 35.5. The molecule has 0 nitrogen and oxygen atoms in total. The predicted molar refractivity (Wildman–Crippen MR) is 70.1 cm³/mol. The van der Waals surface area contributed by atoms with Gasteiger partial charge < -0.3 is 0 Å². The maximum Gasteiger partial charge on any atom is 0.416 e. The standard InChI is InChI=1S/C15H10ClF5/c16-12(7-9-1-6-13(17)14(18)8-9)10-2-4-11(5-3-10)15(19,20)21/h1-6,8,12H,7H2. The number of benzene rings is 2. The van der Waals surface area contributed by atoms with Gasteiger partial charge >= 0.3 is 6.18 Å². The van der Waals surface area contributed by atoms with Crippen LogP contribution in [0, 0.1) is 11.6 Å². The number of hydrogen-bond acceptors (Lipinski definition) is 0. The predicted octanol–water partition coefficient (Wildman–Crippen LogP) is 5.51. The first-order chi connectivity index (χ1) is 9.77. The summed E-state index contributed by atoms with van der Waals surface area (Å²) in [6.07, 6.45) is -4.22. The van der Waals surface area contributed by atoms with Gasteiger partial charge in [0, 0.05) is 0 Å². The molecule has 0 aromatic heterocycles. The third-order valence-electron chi connectivity index (χ3n) is 3.00. The minimum absolute atomic E-state index is 0.185. The molecule has 0 saturated carbocycles. The van der Waals surface area contributed by atoms with Crippen molar-refractivity contribution >= 4 is 11.6 Å². The van der Waals surface area contributed by atoms with Crippen molar-refractivity contribution in [1.82, 2.24) is 0 Å². The Hall–Kier alpha value is -1.62. The Morgan fingerprint density at radius 1 is 0.905 bits per heavy atom. The van der Waals surface area contributed by atoms with E-state index in [0.717, 1.165) is 24.3 Å². The first kappa shape index (κ1) is 15.8. The normalized spacial score (nSPS) is 13.2. The summed E-state index contributed by atoms with van der Waals surface area (Å²) in [5.74, 6) is -1.94. The first-order valence-electron chi connectivity index (χ1n) is 6.02. The summed E-state index contributed by atoms with van der Waals surface area (Å²) < 4.78 is 63.2. The van der Waals surface area contributed by atoms with E-state index in [2.05, 4.69) is 0 Å². The minimum atomic E-state index is -4.40. The second kappa shape index (κ2) is 6.02. The van der Waals surface area contributed by atoms with Crippen LogP contribution in [0.15, 0.2) is 42.5 Å². The number of rotatable bonds is 3. The van der Waals surface area contributed by atoms with Crippen LogP contribution in [0.4, 0.5) is 22.0 Å². The van der Waals surface area contributed by atoms with E-state index in [1.165, 1.54) is 18.2 Å². The zero-order valence-electron chi connectivity index (χ0n) is 10.6. The van der Waals surface area contributed by atoms with E-state index < -0.39 is 28.8 Å². The molecule has 6 heteroatoms. The average Bonchev–Trinajstić information content (AvgIpc) is 2.42. The molecule has 21 heavy (non-hydrogen) atoms. The summed E-state index contributed by atoms with van der Waals surface area (Å²) in [5.41, 5.74) is 0.186. The van der Waals surface area contributed by atoms with Crippen LogP contribution in [-0.2, 0) is 12.6 Å². The van der Waals surface area contributed by atoms with E-state index in [1.807, 2.05) is 0 Å². The summed E-state index contributed by atoms with van der Waals surface area (Å²) in [6.45, 7) is 0. The average molecular weight is 321 g/mol. The molecule has 0 heterocycles. The summed E-state index contributed by atoms with van der Waals surface area (Å²) in [6, 6.07) is 7.83. The van der Waals surface area contributed by atoms with Crippen LogP contribution in [0.25, 0.3) is 0 Å². The Bertz CT molecular complexity index is 619. The molecular weight excluding hydrogens is 311 g/mol. The summed E-state index contributed by atoms with van der Waals surface area (Å²) in [5, 5.41) is -0.628. The molecule has 0 radical (unpaired) electrons. The van der Waals surface area contributed by atoms with Crippen LogP contribution >= 0.6 is 11.6 Å². The Balaban J connectivity index is 2.13. The molecule has 2 rings (SSSR count). The summed E-state index contributed by atoms with van der Waals surface area (Å²) >= 11 is 6.10. The molecule has 2 aromatic carbocycles. The van der Waals surface area contributed by atoms with Gasteiger partial charge in [0.05, 0.1) is 10.9 Å². The Labute approximate surface area is 123 Å². The molecule has 0 aliphatic carbocycles. The molecule has 0 fully saturated rings. The lowest BCUT2D eigenvalue weighted by Gasteiger charge is -2.12. The van der Waals surface area contributed by atoms with Crippen molar-refractivity contribution in [2.75, 3.05) is 0 Å². The van der Waals surface area contributed by atoms with Crippen LogP contribution in [0.1, 0.15) is 22.1 Å². The minimum Gasteiger partial charge on any atom is -0.204 e. The lowest BCUT2D eigenvalue weighted by molar-refractivity contribution is -0.137. The number of halogens is 6. The Kier molecular flexibility index (Phi) is 4.52. The highest BCUT2D eigenvalue weighted by Gasteiger charge is 2.30. The molecule has 0 amide bonds. The van der Waals surface area contributed by atoms with Gasteiger partial charge in [-0.25, -0.2) is 8.78 Å². The van der Waals surface area contributed by atoms with Crippen LogP contribution in [0.3, 0.4) is 0 Å². The van der Waals surface area contributed by atoms with E-state index in [-0.39, 0.29) is 6.42 Å². The second-order valence-electron chi connectivity index (χ2n) is 4.54. The largest absolute Gasteiger partial charge is 0.416 e. The topological polar surface area (TPSA) is 0 Å². The maximum atomic E-state index is 13.1. The Morgan fingerprint density at radius 3 is 2.05 bits per heavy atom. The lowest BCUT2D eigenvalue weighted by Crippen LogP contribution is -2.05. The number of hydrogen-bond donors (Lipinski definition) is 0. The van der Waals surface area contributed by atoms with Gasteiger partial charge in [-0.15, -0.1) is 11.6 Å². The zero-order chi connectivity index (χ0) is 15.6.